The predicted octanol–water partition coefficient (Wildman–Crippen LogP) is 4.31. The van der Waals surface area contributed by atoms with Crippen LogP contribution in [0.15, 0.2) is 54.6 Å². The number of amides is 2. The van der Waals surface area contributed by atoms with Crippen molar-refractivity contribution in [3.63, 3.8) is 0 Å². The Labute approximate surface area is 206 Å². The highest BCUT2D eigenvalue weighted by Gasteiger charge is 2.45. The van der Waals surface area contributed by atoms with E-state index in [-0.39, 0.29) is 35.4 Å². The number of carbonyl (C=O) groups excluding carboxylic acids is 3. The lowest BCUT2D eigenvalue weighted by Crippen LogP contribution is -2.44. The summed E-state index contributed by atoms with van der Waals surface area (Å²) in [6, 6.07) is 15.2. The summed E-state index contributed by atoms with van der Waals surface area (Å²) in [5.41, 5.74) is 2.54. The smallest absolute Gasteiger partial charge is 0.246 e. The quantitative estimate of drug-likeness (QED) is 0.609. The van der Waals surface area contributed by atoms with Gasteiger partial charge in [0.05, 0.1) is 12.5 Å². The van der Waals surface area contributed by atoms with Gasteiger partial charge in [0, 0.05) is 49.8 Å². The number of ether oxygens (including phenoxy) is 1. The van der Waals surface area contributed by atoms with Crippen molar-refractivity contribution in [3.05, 3.63) is 71.3 Å². The Kier molecular flexibility index (Phi) is 6.46. The molecule has 182 valence electrons. The number of hydrogen-bond donors (Lipinski definition) is 0. The molecule has 1 spiro atoms. The summed E-state index contributed by atoms with van der Waals surface area (Å²) in [6.07, 6.45) is 6.49. The fourth-order valence-corrected chi connectivity index (χ4v) is 5.81. The molecule has 1 atom stereocenters. The number of carbonyl (C=O) groups is 3. The zero-order chi connectivity index (χ0) is 24.4. The number of likely N-dealkylation sites (tertiary alicyclic amines) is 2. The van der Waals surface area contributed by atoms with E-state index in [1.807, 2.05) is 71.3 Å². The van der Waals surface area contributed by atoms with Crippen LogP contribution in [0, 0.1) is 5.41 Å². The molecule has 0 N–H and O–H groups in total. The third-order valence-corrected chi connectivity index (χ3v) is 7.83. The maximum absolute atomic E-state index is 13.3. The summed E-state index contributed by atoms with van der Waals surface area (Å²) in [5.74, 6) is 0.587. The van der Waals surface area contributed by atoms with E-state index in [0.717, 1.165) is 49.2 Å². The number of hydrogen-bond acceptors (Lipinski definition) is 4. The van der Waals surface area contributed by atoms with Gasteiger partial charge in [-0.2, -0.15) is 0 Å². The van der Waals surface area contributed by atoms with Gasteiger partial charge in [-0.15, -0.1) is 0 Å². The van der Waals surface area contributed by atoms with E-state index in [4.69, 9.17) is 4.74 Å². The first-order valence-electron chi connectivity index (χ1n) is 12.6. The lowest BCUT2D eigenvalue weighted by atomic mass is 9.77. The summed E-state index contributed by atoms with van der Waals surface area (Å²) < 4.78 is 5.64. The molecule has 2 heterocycles. The Morgan fingerprint density at radius 1 is 1.00 bits per heavy atom. The maximum atomic E-state index is 13.3. The average molecular weight is 473 g/mol. The highest BCUT2D eigenvalue weighted by atomic mass is 16.5. The molecule has 2 aromatic rings. The molecule has 3 aliphatic rings. The number of benzene rings is 2. The summed E-state index contributed by atoms with van der Waals surface area (Å²) in [7, 11) is 0. The van der Waals surface area contributed by atoms with E-state index < -0.39 is 0 Å². The van der Waals surface area contributed by atoms with Crippen molar-refractivity contribution in [1.82, 2.24) is 9.80 Å². The van der Waals surface area contributed by atoms with Gasteiger partial charge in [0.1, 0.15) is 5.75 Å². The molecular weight excluding hydrogens is 440 g/mol. The number of ketones is 1. The van der Waals surface area contributed by atoms with Crippen molar-refractivity contribution in [3.8, 4) is 5.75 Å². The number of rotatable bonds is 5. The molecule has 0 radical (unpaired) electrons. The third-order valence-electron chi connectivity index (χ3n) is 7.83. The average Bonchev–Trinajstić information content (AvgIpc) is 3.45. The summed E-state index contributed by atoms with van der Waals surface area (Å²) in [5, 5.41) is 0. The van der Waals surface area contributed by atoms with Crippen molar-refractivity contribution in [2.45, 2.75) is 38.5 Å². The van der Waals surface area contributed by atoms with Crippen molar-refractivity contribution < 1.29 is 19.1 Å². The van der Waals surface area contributed by atoms with Crippen LogP contribution in [0.3, 0.4) is 0 Å². The second-order valence-electron chi connectivity index (χ2n) is 9.91. The molecule has 35 heavy (non-hydrogen) atoms. The minimum atomic E-state index is -0.347. The molecule has 6 nitrogen and oxygen atoms in total. The topological polar surface area (TPSA) is 66.9 Å². The van der Waals surface area contributed by atoms with Gasteiger partial charge in [0.15, 0.2) is 5.78 Å². The van der Waals surface area contributed by atoms with Crippen LogP contribution in [0.4, 0.5) is 0 Å². The van der Waals surface area contributed by atoms with Gasteiger partial charge < -0.3 is 14.5 Å². The SMILES string of the molecule is CCOc1ccccc1C=CC(=O)N1CCC2(CC1)CCN(C(=O)C1CC(=O)c3ccccc31)C2. The molecule has 2 fully saturated rings. The van der Waals surface area contributed by atoms with Crippen LogP contribution in [-0.2, 0) is 9.59 Å². The number of para-hydroxylation sites is 1. The van der Waals surface area contributed by atoms with Crippen LogP contribution in [0.2, 0.25) is 0 Å². The number of piperidine rings is 1. The fourth-order valence-electron chi connectivity index (χ4n) is 5.81. The first-order chi connectivity index (χ1) is 17.0. The lowest BCUT2D eigenvalue weighted by molar-refractivity contribution is -0.133. The Balaban J connectivity index is 1.18. The molecule has 2 aromatic carbocycles. The van der Waals surface area contributed by atoms with Crippen LogP contribution < -0.4 is 4.74 Å². The van der Waals surface area contributed by atoms with Crippen LogP contribution in [-0.4, -0.2) is 60.2 Å². The molecule has 1 unspecified atom stereocenters. The summed E-state index contributed by atoms with van der Waals surface area (Å²) >= 11 is 0. The Morgan fingerprint density at radius 2 is 1.69 bits per heavy atom. The molecule has 2 amide bonds. The molecule has 5 rings (SSSR count). The monoisotopic (exact) mass is 472 g/mol. The van der Waals surface area contributed by atoms with Gasteiger partial charge in [-0.3, -0.25) is 14.4 Å². The van der Waals surface area contributed by atoms with Gasteiger partial charge in [-0.1, -0.05) is 42.5 Å². The third kappa shape index (κ3) is 4.62. The largest absolute Gasteiger partial charge is 0.493 e. The number of Topliss-reactive ketones (excluding diaryl/α,β-unsaturated/α-hetero) is 1. The molecule has 0 aromatic heterocycles. The van der Waals surface area contributed by atoms with Gasteiger partial charge >= 0.3 is 0 Å². The first kappa shape index (κ1) is 23.3. The zero-order valence-electron chi connectivity index (χ0n) is 20.2. The number of fused-ring (bicyclic) bond motifs is 1. The molecule has 2 aliphatic heterocycles. The van der Waals surface area contributed by atoms with Crippen molar-refractivity contribution in [2.24, 2.45) is 5.41 Å². The molecule has 0 saturated carbocycles. The van der Waals surface area contributed by atoms with Crippen LogP contribution >= 0.6 is 0 Å². The Hall–Kier alpha value is -3.41. The standard InChI is InChI=1S/C29H32N2O4/c1-2-35-26-10-6-3-7-21(26)11-12-27(33)30-16-13-29(14-17-30)15-18-31(20-29)28(34)24-19-25(32)23-9-5-4-8-22(23)24/h3-12,24H,2,13-20H2,1H3. The van der Waals surface area contributed by atoms with Gasteiger partial charge in [0.2, 0.25) is 11.8 Å². The zero-order valence-corrected chi connectivity index (χ0v) is 20.2. The van der Waals surface area contributed by atoms with Crippen LogP contribution in [0.1, 0.15) is 60.0 Å². The fraction of sp³-hybridized carbons (Fsp3) is 0.414. The predicted molar refractivity (Wildman–Crippen MR) is 134 cm³/mol. The van der Waals surface area contributed by atoms with E-state index in [1.54, 1.807) is 6.08 Å². The molecule has 2 saturated heterocycles. The van der Waals surface area contributed by atoms with Gasteiger partial charge in [-0.05, 0) is 49.3 Å². The highest BCUT2D eigenvalue weighted by molar-refractivity contribution is 6.06. The Morgan fingerprint density at radius 3 is 2.46 bits per heavy atom. The number of nitrogens with zero attached hydrogens (tertiary/aromatic N) is 2. The van der Waals surface area contributed by atoms with Crippen molar-refractivity contribution >= 4 is 23.7 Å². The van der Waals surface area contributed by atoms with Crippen LogP contribution in [0.5, 0.6) is 5.75 Å². The molecular formula is C29H32N2O4. The maximum Gasteiger partial charge on any atom is 0.246 e. The molecule has 6 heteroatoms. The molecule has 0 bridgehead atoms. The van der Waals surface area contributed by atoms with Crippen molar-refractivity contribution in [2.75, 3.05) is 32.8 Å². The minimum absolute atomic E-state index is 0.0122. The second kappa shape index (κ2) is 9.68. The van der Waals surface area contributed by atoms with E-state index in [0.29, 0.717) is 25.3 Å². The minimum Gasteiger partial charge on any atom is -0.493 e. The summed E-state index contributed by atoms with van der Waals surface area (Å²) in [6.45, 7) is 5.37. The Bertz CT molecular complexity index is 1160. The first-order valence-corrected chi connectivity index (χ1v) is 12.6. The second-order valence-corrected chi connectivity index (χ2v) is 9.91. The molecule has 1 aliphatic carbocycles. The lowest BCUT2D eigenvalue weighted by Gasteiger charge is -2.39. The van der Waals surface area contributed by atoms with E-state index in [9.17, 15) is 14.4 Å². The van der Waals surface area contributed by atoms with E-state index >= 15 is 0 Å². The van der Waals surface area contributed by atoms with E-state index in [2.05, 4.69) is 0 Å². The van der Waals surface area contributed by atoms with Crippen molar-refractivity contribution in [1.29, 1.82) is 0 Å². The van der Waals surface area contributed by atoms with Gasteiger partial charge in [-0.25, -0.2) is 0 Å². The van der Waals surface area contributed by atoms with Gasteiger partial charge in [0.25, 0.3) is 0 Å². The summed E-state index contributed by atoms with van der Waals surface area (Å²) in [4.78, 5) is 42.4. The van der Waals surface area contributed by atoms with E-state index in [1.165, 1.54) is 0 Å². The van der Waals surface area contributed by atoms with Crippen LogP contribution in [0.25, 0.3) is 6.08 Å². The normalized spacial score (nSPS) is 21.1. The highest BCUT2D eigenvalue weighted by Crippen LogP contribution is 2.43.